The van der Waals surface area contributed by atoms with Crippen LogP contribution >= 0.6 is 0 Å². The van der Waals surface area contributed by atoms with Gasteiger partial charge in [-0.15, -0.1) is 0 Å². The van der Waals surface area contributed by atoms with Crippen LogP contribution in [-0.2, 0) is 9.53 Å². The second-order valence-corrected chi connectivity index (χ2v) is 5.56. The third-order valence-electron chi connectivity index (χ3n) is 3.58. The number of carboxylic acids is 1. The van der Waals surface area contributed by atoms with Gasteiger partial charge in [-0.1, -0.05) is 0 Å². The van der Waals surface area contributed by atoms with Crippen molar-refractivity contribution in [2.75, 3.05) is 32.9 Å². The number of benzene rings is 1. The lowest BCUT2D eigenvalue weighted by molar-refractivity contribution is -0.139. The highest BCUT2D eigenvalue weighted by Gasteiger charge is 2.22. The Balaban J connectivity index is 2.18. The fraction of sp³-hybridized carbons (Fsp3) is 0.529. The topological polar surface area (TPSA) is 85.3 Å². The summed E-state index contributed by atoms with van der Waals surface area (Å²) in [5.74, 6) is -0.499. The van der Waals surface area contributed by atoms with Crippen molar-refractivity contribution in [2.24, 2.45) is 0 Å². The summed E-state index contributed by atoms with van der Waals surface area (Å²) in [4.78, 5) is 25.1. The van der Waals surface area contributed by atoms with Crippen LogP contribution < -0.4 is 9.47 Å². The van der Waals surface area contributed by atoms with E-state index >= 15 is 0 Å². The lowest BCUT2D eigenvalue weighted by Crippen LogP contribution is -2.35. The van der Waals surface area contributed by atoms with E-state index in [4.69, 9.17) is 19.3 Å². The molecule has 0 saturated carbocycles. The van der Waals surface area contributed by atoms with Crippen LogP contribution in [0.15, 0.2) is 18.2 Å². The Morgan fingerprint density at radius 1 is 1.33 bits per heavy atom. The molecule has 2 rings (SSSR count). The molecule has 1 amide bonds. The number of hydrogen-bond donors (Lipinski definition) is 1. The number of amides is 1. The Kier molecular flexibility index (Phi) is 6.43. The zero-order valence-corrected chi connectivity index (χ0v) is 14.0. The minimum atomic E-state index is -1.07. The Hall–Kier alpha value is -2.28. The molecule has 1 fully saturated rings. The fourth-order valence-corrected chi connectivity index (χ4v) is 2.53. The zero-order valence-electron chi connectivity index (χ0n) is 14.0. The summed E-state index contributed by atoms with van der Waals surface area (Å²) in [6, 6.07) is 4.79. The Labute approximate surface area is 141 Å². The standard InChI is InChI=1S/C17H23NO6/c1-3-22-15-9-13(5-6-14(15)24-11-16(19)20)17(21)18-7-4-8-23-12(2)10-18/h5-6,9,12H,3-4,7-8,10-11H2,1-2H3,(H,19,20)/t12-/m0/s1. The molecule has 24 heavy (non-hydrogen) atoms. The Bertz CT molecular complexity index is 588. The quantitative estimate of drug-likeness (QED) is 0.852. The first-order valence-corrected chi connectivity index (χ1v) is 8.03. The van der Waals surface area contributed by atoms with Crippen molar-refractivity contribution < 1.29 is 28.9 Å². The first kappa shape index (κ1) is 18.1. The Morgan fingerprint density at radius 3 is 2.83 bits per heavy atom. The van der Waals surface area contributed by atoms with Crippen LogP contribution in [0.3, 0.4) is 0 Å². The summed E-state index contributed by atoms with van der Waals surface area (Å²) >= 11 is 0. The molecule has 1 aromatic carbocycles. The number of aliphatic carboxylic acids is 1. The van der Waals surface area contributed by atoms with Crippen LogP contribution in [0, 0.1) is 0 Å². The molecule has 0 aliphatic carbocycles. The molecular weight excluding hydrogens is 314 g/mol. The van der Waals surface area contributed by atoms with Crippen molar-refractivity contribution in [1.82, 2.24) is 4.90 Å². The minimum Gasteiger partial charge on any atom is -0.490 e. The van der Waals surface area contributed by atoms with Gasteiger partial charge in [-0.2, -0.15) is 0 Å². The minimum absolute atomic E-state index is 0.000912. The molecule has 1 heterocycles. The van der Waals surface area contributed by atoms with Gasteiger partial charge in [0.15, 0.2) is 18.1 Å². The average molecular weight is 337 g/mol. The number of ether oxygens (including phenoxy) is 3. The molecule has 1 aliphatic heterocycles. The molecule has 7 heteroatoms. The molecule has 132 valence electrons. The van der Waals surface area contributed by atoms with Crippen molar-refractivity contribution in [3.8, 4) is 11.5 Å². The van der Waals surface area contributed by atoms with Crippen molar-refractivity contribution in [3.05, 3.63) is 23.8 Å². The monoisotopic (exact) mass is 337 g/mol. The molecule has 7 nitrogen and oxygen atoms in total. The van der Waals surface area contributed by atoms with Gasteiger partial charge in [-0.05, 0) is 38.5 Å². The van der Waals surface area contributed by atoms with Crippen molar-refractivity contribution in [3.63, 3.8) is 0 Å². The van der Waals surface area contributed by atoms with E-state index in [0.29, 0.717) is 43.4 Å². The van der Waals surface area contributed by atoms with Crippen molar-refractivity contribution in [1.29, 1.82) is 0 Å². The van der Waals surface area contributed by atoms with Gasteiger partial charge >= 0.3 is 5.97 Å². The summed E-state index contributed by atoms with van der Waals surface area (Å²) < 4.78 is 16.2. The number of hydrogen-bond acceptors (Lipinski definition) is 5. The van der Waals surface area contributed by atoms with Gasteiger partial charge < -0.3 is 24.2 Å². The molecule has 1 saturated heterocycles. The maximum absolute atomic E-state index is 12.7. The normalized spacial score (nSPS) is 17.9. The third kappa shape index (κ3) is 4.86. The summed E-state index contributed by atoms with van der Waals surface area (Å²) in [6.45, 7) is 5.51. The SMILES string of the molecule is CCOc1cc(C(=O)N2CCCO[C@@H](C)C2)ccc1OCC(=O)O. The van der Waals surface area contributed by atoms with Crippen LogP contribution in [0.1, 0.15) is 30.6 Å². The number of rotatable bonds is 6. The maximum atomic E-state index is 12.7. The molecule has 1 N–H and O–H groups in total. The van der Waals surface area contributed by atoms with Gasteiger partial charge in [0.2, 0.25) is 0 Å². The van der Waals surface area contributed by atoms with Crippen molar-refractivity contribution >= 4 is 11.9 Å². The highest BCUT2D eigenvalue weighted by atomic mass is 16.5. The Morgan fingerprint density at radius 2 is 2.12 bits per heavy atom. The van der Waals surface area contributed by atoms with E-state index in [0.717, 1.165) is 6.42 Å². The van der Waals surface area contributed by atoms with Gasteiger partial charge in [0.1, 0.15) is 0 Å². The summed E-state index contributed by atoms with van der Waals surface area (Å²) in [6.07, 6.45) is 0.801. The second kappa shape index (κ2) is 8.54. The van der Waals surface area contributed by atoms with E-state index in [2.05, 4.69) is 0 Å². The molecule has 1 aliphatic rings. The highest BCUT2D eigenvalue weighted by molar-refractivity contribution is 5.95. The predicted octanol–water partition coefficient (Wildman–Crippen LogP) is 1.80. The third-order valence-corrected chi connectivity index (χ3v) is 3.58. The van der Waals surface area contributed by atoms with E-state index in [-0.39, 0.29) is 12.0 Å². The first-order valence-electron chi connectivity index (χ1n) is 8.03. The zero-order chi connectivity index (χ0) is 17.5. The van der Waals surface area contributed by atoms with Gasteiger partial charge in [0.25, 0.3) is 5.91 Å². The number of carbonyl (C=O) groups excluding carboxylic acids is 1. The molecule has 1 aromatic rings. The van der Waals surface area contributed by atoms with Crippen LogP contribution in [0.25, 0.3) is 0 Å². The second-order valence-electron chi connectivity index (χ2n) is 5.56. The van der Waals surface area contributed by atoms with Crippen LogP contribution in [0.5, 0.6) is 11.5 Å². The number of carboxylic acid groups (broad SMARTS) is 1. The molecule has 1 atom stereocenters. The van der Waals surface area contributed by atoms with Gasteiger partial charge in [0.05, 0.1) is 12.7 Å². The predicted molar refractivity (Wildman–Crippen MR) is 86.7 cm³/mol. The highest BCUT2D eigenvalue weighted by Crippen LogP contribution is 2.29. The number of carbonyl (C=O) groups is 2. The van der Waals surface area contributed by atoms with E-state index in [9.17, 15) is 9.59 Å². The average Bonchev–Trinajstić information content (AvgIpc) is 2.77. The lowest BCUT2D eigenvalue weighted by Gasteiger charge is -2.22. The van der Waals surface area contributed by atoms with Crippen LogP contribution in [0.2, 0.25) is 0 Å². The van der Waals surface area contributed by atoms with E-state index in [1.54, 1.807) is 23.1 Å². The summed E-state index contributed by atoms with van der Waals surface area (Å²) in [5.41, 5.74) is 0.482. The smallest absolute Gasteiger partial charge is 0.341 e. The molecule has 0 bridgehead atoms. The summed E-state index contributed by atoms with van der Waals surface area (Å²) in [7, 11) is 0. The molecule has 0 aromatic heterocycles. The van der Waals surface area contributed by atoms with E-state index in [1.807, 2.05) is 13.8 Å². The van der Waals surface area contributed by atoms with Crippen molar-refractivity contribution in [2.45, 2.75) is 26.4 Å². The lowest BCUT2D eigenvalue weighted by atomic mass is 10.1. The molecule has 0 radical (unpaired) electrons. The summed E-state index contributed by atoms with van der Waals surface area (Å²) in [5, 5.41) is 8.72. The largest absolute Gasteiger partial charge is 0.490 e. The molecule has 0 unspecified atom stereocenters. The van der Waals surface area contributed by atoms with Gasteiger partial charge in [-0.3, -0.25) is 4.79 Å². The van der Waals surface area contributed by atoms with Crippen LogP contribution in [-0.4, -0.2) is 60.9 Å². The first-order chi connectivity index (χ1) is 11.5. The van der Waals surface area contributed by atoms with Gasteiger partial charge in [0, 0.05) is 25.3 Å². The molecule has 0 spiro atoms. The fourth-order valence-electron chi connectivity index (χ4n) is 2.53. The van der Waals surface area contributed by atoms with E-state index in [1.165, 1.54) is 0 Å². The van der Waals surface area contributed by atoms with E-state index < -0.39 is 12.6 Å². The maximum Gasteiger partial charge on any atom is 0.341 e. The van der Waals surface area contributed by atoms with Crippen LogP contribution in [0.4, 0.5) is 0 Å². The number of nitrogens with zero attached hydrogens (tertiary/aromatic N) is 1. The van der Waals surface area contributed by atoms with Gasteiger partial charge in [-0.25, -0.2) is 4.79 Å². The molecular formula is C17H23NO6.